The first-order valence-electron chi connectivity index (χ1n) is 6.77. The number of Topliss-reactive ketones (excluding diaryl/α,β-unsaturated/α-hetero) is 1. The quantitative estimate of drug-likeness (QED) is 0.770. The summed E-state index contributed by atoms with van der Waals surface area (Å²) < 4.78 is 17.2. The van der Waals surface area contributed by atoms with Crippen LogP contribution < -0.4 is 0 Å². The molecule has 22 heavy (non-hydrogen) atoms. The zero-order chi connectivity index (χ0) is 15.6. The Balaban J connectivity index is 2.27. The maximum atomic E-state index is 12.6. The molecule has 0 saturated carbocycles. The number of hydrogen-bond donors (Lipinski definition) is 0. The van der Waals surface area contributed by atoms with Crippen molar-refractivity contribution in [1.82, 2.24) is 0 Å². The Morgan fingerprint density at radius 3 is 2.09 bits per heavy atom. The second kappa shape index (κ2) is 5.69. The van der Waals surface area contributed by atoms with Gasteiger partial charge in [0.2, 0.25) is 0 Å². The zero-order valence-corrected chi connectivity index (χ0v) is 11.6. The van der Waals surface area contributed by atoms with E-state index >= 15 is 0 Å². The van der Waals surface area contributed by atoms with Crippen molar-refractivity contribution in [2.75, 3.05) is 13.2 Å². The predicted octanol–water partition coefficient (Wildman–Crippen LogP) is 2.60. The third-order valence-electron chi connectivity index (χ3n) is 4.09. The van der Waals surface area contributed by atoms with Crippen LogP contribution in [0.1, 0.15) is 11.1 Å². The number of hydrogen-bond acceptors (Lipinski definition) is 4. The van der Waals surface area contributed by atoms with E-state index in [-0.39, 0.29) is 13.1 Å². The predicted molar refractivity (Wildman–Crippen MR) is 76.7 cm³/mol. The molecule has 0 aromatic heterocycles. The van der Waals surface area contributed by atoms with E-state index in [9.17, 15) is 14.1 Å². The van der Waals surface area contributed by atoms with Crippen LogP contribution in [0.3, 0.4) is 0 Å². The van der Waals surface area contributed by atoms with Crippen molar-refractivity contribution < 1.29 is 23.8 Å². The van der Waals surface area contributed by atoms with Crippen molar-refractivity contribution in [2.24, 2.45) is 0 Å². The van der Waals surface area contributed by atoms with Crippen molar-refractivity contribution in [2.45, 2.75) is 5.41 Å². The molecule has 1 aliphatic carbocycles. The van der Waals surface area contributed by atoms with Gasteiger partial charge in [-0.2, -0.15) is 4.94 Å². The summed E-state index contributed by atoms with van der Waals surface area (Å²) in [6.45, 7) is -0.605. The molecule has 0 fully saturated rings. The fourth-order valence-electron chi connectivity index (χ4n) is 3.19. The molecule has 2 aromatic rings. The topological polar surface area (TPSA) is 52.6 Å². The summed E-state index contributed by atoms with van der Waals surface area (Å²) in [6, 6.07) is 14.7. The lowest BCUT2D eigenvalue weighted by Gasteiger charge is -2.28. The maximum absolute atomic E-state index is 12.6. The van der Waals surface area contributed by atoms with E-state index in [1.54, 1.807) is 24.3 Å². The molecule has 3 rings (SSSR count). The molecule has 0 saturated heterocycles. The molecule has 0 radical (unpaired) electrons. The van der Waals surface area contributed by atoms with Crippen LogP contribution in [0, 0.1) is 0 Å². The first-order valence-corrected chi connectivity index (χ1v) is 6.77. The first-order chi connectivity index (χ1) is 10.8. The van der Waals surface area contributed by atoms with Gasteiger partial charge in [-0.15, -0.1) is 0 Å². The van der Waals surface area contributed by atoms with Crippen molar-refractivity contribution >= 4 is 12.3 Å². The third-order valence-corrected chi connectivity index (χ3v) is 4.09. The van der Waals surface area contributed by atoms with Crippen molar-refractivity contribution in [1.29, 1.82) is 0 Å². The zero-order valence-electron chi connectivity index (χ0n) is 11.6. The highest BCUT2D eigenvalue weighted by Gasteiger charge is 2.49. The van der Waals surface area contributed by atoms with Gasteiger partial charge in [0.15, 0.2) is 5.78 Å². The first kappa shape index (κ1) is 14.4. The molecule has 0 spiro atoms. The highest BCUT2D eigenvalue weighted by atomic mass is 19.3. The number of rotatable bonds is 6. The molecular formula is C17H13FO4. The van der Waals surface area contributed by atoms with Gasteiger partial charge in [0.1, 0.15) is 18.6 Å². The number of carbonyl (C=O) groups is 2. The maximum Gasteiger partial charge on any atom is 0.293 e. The van der Waals surface area contributed by atoms with Gasteiger partial charge in [0.05, 0.1) is 0 Å². The largest absolute Gasteiger partial charge is 0.466 e. The van der Waals surface area contributed by atoms with Crippen molar-refractivity contribution in [3.8, 4) is 11.1 Å². The molecule has 112 valence electrons. The lowest BCUT2D eigenvalue weighted by molar-refractivity contribution is -0.159. The Labute approximate surface area is 126 Å². The lowest BCUT2D eigenvalue weighted by atomic mass is 9.75. The number of benzene rings is 2. The third kappa shape index (κ3) is 1.94. The average molecular weight is 300 g/mol. The molecule has 0 heterocycles. The number of ketones is 1. The molecule has 0 bridgehead atoms. The van der Waals surface area contributed by atoms with Crippen LogP contribution >= 0.6 is 0 Å². The fourth-order valence-corrected chi connectivity index (χ4v) is 3.19. The van der Waals surface area contributed by atoms with Crippen LogP contribution in [0.4, 0.5) is 4.53 Å². The van der Waals surface area contributed by atoms with Crippen LogP contribution in [0.5, 0.6) is 0 Å². The Hall–Kier alpha value is -2.53. The number of ether oxygens (including phenoxy) is 1. The minimum Gasteiger partial charge on any atom is -0.466 e. The second-order valence-electron chi connectivity index (χ2n) is 5.08. The molecule has 5 heteroatoms. The van der Waals surface area contributed by atoms with Gasteiger partial charge in [-0.3, -0.25) is 9.59 Å². The van der Waals surface area contributed by atoms with Gasteiger partial charge in [0.25, 0.3) is 6.47 Å². The number of carbonyl (C=O) groups excluding carboxylic acids is 2. The second-order valence-corrected chi connectivity index (χ2v) is 5.08. The summed E-state index contributed by atoms with van der Waals surface area (Å²) in [4.78, 5) is 26.9. The molecule has 0 unspecified atom stereocenters. The summed E-state index contributed by atoms with van der Waals surface area (Å²) in [7, 11) is 0. The normalized spacial score (nSPS) is 14.0. The highest BCUT2D eigenvalue weighted by Crippen LogP contribution is 2.49. The van der Waals surface area contributed by atoms with Crippen LogP contribution in [-0.2, 0) is 24.7 Å². The SMILES string of the molecule is O=COCC1(C(=O)COF)c2ccccc2-c2ccccc21. The van der Waals surface area contributed by atoms with E-state index in [1.165, 1.54) is 0 Å². The van der Waals surface area contributed by atoms with Crippen LogP contribution in [0.25, 0.3) is 11.1 Å². The van der Waals surface area contributed by atoms with Gasteiger partial charge >= 0.3 is 0 Å². The van der Waals surface area contributed by atoms with E-state index in [2.05, 4.69) is 4.94 Å². The summed E-state index contributed by atoms with van der Waals surface area (Å²) in [5, 5.41) is 0. The Kier molecular flexibility index (Phi) is 3.73. The number of fused-ring (bicyclic) bond motifs is 3. The smallest absolute Gasteiger partial charge is 0.293 e. The van der Waals surface area contributed by atoms with E-state index in [0.717, 1.165) is 11.1 Å². The summed E-state index contributed by atoms with van der Waals surface area (Å²) in [5.41, 5.74) is 1.90. The molecule has 2 aromatic carbocycles. The van der Waals surface area contributed by atoms with Crippen LogP contribution in [-0.4, -0.2) is 25.5 Å². The summed E-state index contributed by atoms with van der Waals surface area (Å²) in [6.07, 6.45) is 0. The van der Waals surface area contributed by atoms with Crippen molar-refractivity contribution in [3.63, 3.8) is 0 Å². The van der Waals surface area contributed by atoms with Gasteiger partial charge in [-0.1, -0.05) is 48.5 Å². The highest BCUT2D eigenvalue weighted by molar-refractivity contribution is 6.02. The minimum atomic E-state index is -1.24. The molecule has 0 N–H and O–H groups in total. The van der Waals surface area contributed by atoms with Crippen molar-refractivity contribution in [3.05, 3.63) is 59.7 Å². The van der Waals surface area contributed by atoms with E-state index < -0.39 is 17.8 Å². The van der Waals surface area contributed by atoms with E-state index in [1.807, 2.05) is 24.3 Å². The average Bonchev–Trinajstić information content (AvgIpc) is 2.85. The van der Waals surface area contributed by atoms with E-state index in [4.69, 9.17) is 4.74 Å². The summed E-state index contributed by atoms with van der Waals surface area (Å²) >= 11 is 0. The van der Waals surface area contributed by atoms with Gasteiger partial charge in [-0.05, 0) is 26.8 Å². The molecule has 1 aliphatic rings. The molecule has 0 aliphatic heterocycles. The van der Waals surface area contributed by atoms with E-state index in [0.29, 0.717) is 11.1 Å². The summed E-state index contributed by atoms with van der Waals surface area (Å²) in [5.74, 6) is -0.491. The Morgan fingerprint density at radius 1 is 1.05 bits per heavy atom. The Morgan fingerprint density at radius 2 is 1.59 bits per heavy atom. The minimum absolute atomic E-state index is 0.188. The number of halogens is 1. The molecule has 0 amide bonds. The van der Waals surface area contributed by atoms with Gasteiger partial charge in [-0.25, -0.2) is 0 Å². The van der Waals surface area contributed by atoms with Crippen LogP contribution in [0.15, 0.2) is 48.5 Å². The lowest BCUT2D eigenvalue weighted by Crippen LogP contribution is -2.42. The molecule has 0 atom stereocenters. The standard InChI is InChI=1S/C17H13FO4/c18-22-9-16(20)17(10-21-11-19)14-7-3-1-5-12(14)13-6-2-4-8-15(13)17/h1-8,11H,9-10H2. The fraction of sp³-hybridized carbons (Fsp3) is 0.176. The molecule has 4 nitrogen and oxygen atoms in total. The van der Waals surface area contributed by atoms with Crippen LogP contribution in [0.2, 0.25) is 0 Å². The molecular weight excluding hydrogens is 287 g/mol. The Bertz CT molecular complexity index is 681. The van der Waals surface area contributed by atoms with Gasteiger partial charge < -0.3 is 4.74 Å². The van der Waals surface area contributed by atoms with Gasteiger partial charge in [0, 0.05) is 0 Å². The monoisotopic (exact) mass is 300 g/mol.